The van der Waals surface area contributed by atoms with Crippen molar-refractivity contribution < 1.29 is 19.0 Å². The number of ether oxygens (including phenoxy) is 3. The Morgan fingerprint density at radius 1 is 1.00 bits per heavy atom. The summed E-state index contributed by atoms with van der Waals surface area (Å²) < 4.78 is 16.6. The van der Waals surface area contributed by atoms with E-state index in [0.717, 1.165) is 33.5 Å². The van der Waals surface area contributed by atoms with Gasteiger partial charge < -0.3 is 14.2 Å². The number of carbonyl (C=O) groups excluding carboxylic acids is 1. The molecule has 0 radical (unpaired) electrons. The summed E-state index contributed by atoms with van der Waals surface area (Å²) in [6, 6.07) is 21.4. The van der Waals surface area contributed by atoms with Crippen molar-refractivity contribution in [3.05, 3.63) is 95.9 Å². The second kappa shape index (κ2) is 8.51. The van der Waals surface area contributed by atoms with E-state index >= 15 is 0 Å². The van der Waals surface area contributed by atoms with Crippen molar-refractivity contribution in [2.75, 3.05) is 13.7 Å². The summed E-state index contributed by atoms with van der Waals surface area (Å²) >= 11 is 0. The number of fused-ring (bicyclic) bond motifs is 1. The Morgan fingerprint density at radius 2 is 1.84 bits per heavy atom. The number of esters is 1. The first-order valence-electron chi connectivity index (χ1n) is 10.2. The summed E-state index contributed by atoms with van der Waals surface area (Å²) in [4.78, 5) is 21.2. The van der Waals surface area contributed by atoms with Gasteiger partial charge in [0.1, 0.15) is 24.7 Å². The van der Waals surface area contributed by atoms with Crippen LogP contribution in [0.1, 0.15) is 16.8 Å². The van der Waals surface area contributed by atoms with Gasteiger partial charge in [0.15, 0.2) is 0 Å². The molecular formula is C26H20N2O4. The van der Waals surface area contributed by atoms with Gasteiger partial charge in [-0.3, -0.25) is 4.98 Å². The average Bonchev–Trinajstić information content (AvgIpc) is 3.24. The van der Waals surface area contributed by atoms with Gasteiger partial charge in [0.2, 0.25) is 0 Å². The van der Waals surface area contributed by atoms with E-state index in [9.17, 15) is 4.79 Å². The van der Waals surface area contributed by atoms with Gasteiger partial charge in [-0.1, -0.05) is 36.4 Å². The predicted molar refractivity (Wildman–Crippen MR) is 121 cm³/mol. The minimum Gasteiger partial charge on any atom is -0.494 e. The van der Waals surface area contributed by atoms with E-state index in [2.05, 4.69) is 9.97 Å². The Bertz CT molecular complexity index is 1330. The Balaban J connectivity index is 1.37. The summed E-state index contributed by atoms with van der Waals surface area (Å²) in [6.45, 7) is 0.578. The molecule has 5 rings (SSSR count). The summed E-state index contributed by atoms with van der Waals surface area (Å²) in [6.07, 6.45) is 3.22. The molecule has 0 saturated heterocycles. The lowest BCUT2D eigenvalue weighted by atomic mass is 9.97. The molecule has 0 aliphatic carbocycles. The van der Waals surface area contributed by atoms with Crippen LogP contribution in [0.15, 0.2) is 79.1 Å². The van der Waals surface area contributed by atoms with Gasteiger partial charge >= 0.3 is 5.97 Å². The quantitative estimate of drug-likeness (QED) is 0.419. The first-order chi connectivity index (χ1) is 15.7. The summed E-state index contributed by atoms with van der Waals surface area (Å²) in [7, 11) is 1.55. The number of aromatic nitrogens is 2. The van der Waals surface area contributed by atoms with Gasteiger partial charge in [0, 0.05) is 22.7 Å². The molecule has 1 aliphatic heterocycles. The summed E-state index contributed by atoms with van der Waals surface area (Å²) in [5, 5.41) is 1.10. The Morgan fingerprint density at radius 3 is 2.69 bits per heavy atom. The summed E-state index contributed by atoms with van der Waals surface area (Å²) in [5.74, 6) is 0.881. The van der Waals surface area contributed by atoms with Crippen LogP contribution in [-0.4, -0.2) is 29.7 Å². The minimum absolute atomic E-state index is 0.209. The summed E-state index contributed by atoms with van der Waals surface area (Å²) in [5.41, 5.74) is 4.67. The van der Waals surface area contributed by atoms with Crippen LogP contribution in [0.5, 0.6) is 11.5 Å². The zero-order chi connectivity index (χ0) is 21.9. The molecule has 2 aromatic heterocycles. The van der Waals surface area contributed by atoms with Crippen LogP contribution in [0.25, 0.3) is 22.0 Å². The van der Waals surface area contributed by atoms with E-state index in [0.29, 0.717) is 23.5 Å². The van der Waals surface area contributed by atoms with Crippen molar-refractivity contribution in [3.8, 4) is 11.5 Å². The topological polar surface area (TPSA) is 70.5 Å². The number of hydrogen-bond donors (Lipinski definition) is 0. The number of methoxy groups -OCH3 is 1. The fraction of sp³-hybridized carbons (Fsp3) is 0.115. The van der Waals surface area contributed by atoms with E-state index in [4.69, 9.17) is 14.2 Å². The van der Waals surface area contributed by atoms with Crippen molar-refractivity contribution in [1.29, 1.82) is 0 Å². The highest BCUT2D eigenvalue weighted by Crippen LogP contribution is 2.37. The molecule has 1 aliphatic rings. The maximum Gasteiger partial charge on any atom is 0.339 e. The van der Waals surface area contributed by atoms with Crippen molar-refractivity contribution in [2.45, 2.75) is 6.61 Å². The van der Waals surface area contributed by atoms with Gasteiger partial charge in [-0.25, -0.2) is 9.78 Å². The number of nitrogens with zero attached hydrogens (tertiary/aromatic N) is 2. The predicted octanol–water partition coefficient (Wildman–Crippen LogP) is 4.69. The Kier molecular flexibility index (Phi) is 5.25. The molecule has 4 aromatic rings. The third-order valence-electron chi connectivity index (χ3n) is 5.37. The van der Waals surface area contributed by atoms with Crippen LogP contribution in [0.3, 0.4) is 0 Å². The molecular weight excluding hydrogens is 404 g/mol. The Labute approximate surface area is 185 Å². The van der Waals surface area contributed by atoms with E-state index in [-0.39, 0.29) is 12.6 Å². The SMILES string of the molecule is COc1cnccc1C1=C(c2ccc(OCc3ccc4ccccc4n3)cc2)COC1=O. The van der Waals surface area contributed by atoms with Crippen LogP contribution < -0.4 is 9.47 Å². The monoisotopic (exact) mass is 424 g/mol. The second-order valence-electron chi connectivity index (χ2n) is 7.31. The maximum absolute atomic E-state index is 12.5. The lowest BCUT2D eigenvalue weighted by molar-refractivity contribution is -0.133. The first-order valence-corrected chi connectivity index (χ1v) is 10.2. The molecule has 158 valence electrons. The second-order valence-corrected chi connectivity index (χ2v) is 7.31. The highest BCUT2D eigenvalue weighted by atomic mass is 16.5. The standard InChI is InChI=1S/C26H20N2O4/c1-30-24-14-27-13-12-21(24)25-22(16-32-26(25)29)17-7-10-20(11-8-17)31-15-19-9-6-18-4-2-3-5-23(18)28-19/h2-14H,15-16H2,1H3. The van der Waals surface area contributed by atoms with Crippen molar-refractivity contribution >= 4 is 28.0 Å². The van der Waals surface area contributed by atoms with Crippen molar-refractivity contribution in [1.82, 2.24) is 9.97 Å². The number of benzene rings is 2. The largest absolute Gasteiger partial charge is 0.494 e. The molecule has 0 bridgehead atoms. The zero-order valence-corrected chi connectivity index (χ0v) is 17.4. The van der Waals surface area contributed by atoms with E-state index in [1.54, 1.807) is 25.6 Å². The lowest BCUT2D eigenvalue weighted by Crippen LogP contribution is -2.01. The van der Waals surface area contributed by atoms with Gasteiger partial charge in [-0.15, -0.1) is 0 Å². The van der Waals surface area contributed by atoms with Gasteiger partial charge in [0.05, 0.1) is 30.1 Å². The molecule has 6 nitrogen and oxygen atoms in total. The number of hydrogen-bond acceptors (Lipinski definition) is 6. The molecule has 32 heavy (non-hydrogen) atoms. The van der Waals surface area contributed by atoms with Crippen LogP contribution >= 0.6 is 0 Å². The van der Waals surface area contributed by atoms with Crippen LogP contribution in [-0.2, 0) is 16.1 Å². The number of carbonyl (C=O) groups is 1. The number of para-hydroxylation sites is 1. The first kappa shape index (κ1) is 19.8. The van der Waals surface area contributed by atoms with Gasteiger partial charge in [0.25, 0.3) is 0 Å². The van der Waals surface area contributed by atoms with Crippen molar-refractivity contribution in [3.63, 3.8) is 0 Å². The third kappa shape index (κ3) is 3.78. The number of cyclic esters (lactones) is 1. The van der Waals surface area contributed by atoms with Gasteiger partial charge in [-0.05, 0) is 35.9 Å². The molecule has 0 fully saturated rings. The van der Waals surface area contributed by atoms with E-state index in [1.165, 1.54) is 0 Å². The molecule has 0 saturated carbocycles. The van der Waals surface area contributed by atoms with Crippen LogP contribution in [0.4, 0.5) is 0 Å². The van der Waals surface area contributed by atoms with Gasteiger partial charge in [-0.2, -0.15) is 0 Å². The number of rotatable bonds is 6. The highest BCUT2D eigenvalue weighted by Gasteiger charge is 2.29. The maximum atomic E-state index is 12.5. The molecule has 0 amide bonds. The van der Waals surface area contributed by atoms with Crippen LogP contribution in [0.2, 0.25) is 0 Å². The smallest absolute Gasteiger partial charge is 0.339 e. The lowest BCUT2D eigenvalue weighted by Gasteiger charge is -2.10. The molecule has 6 heteroatoms. The zero-order valence-electron chi connectivity index (χ0n) is 17.4. The highest BCUT2D eigenvalue weighted by molar-refractivity contribution is 6.27. The minimum atomic E-state index is -0.368. The molecule has 2 aromatic carbocycles. The normalized spacial score (nSPS) is 13.3. The van der Waals surface area contributed by atoms with E-state index < -0.39 is 0 Å². The van der Waals surface area contributed by atoms with Crippen molar-refractivity contribution in [2.24, 2.45) is 0 Å². The molecule has 0 atom stereocenters. The molecule has 3 heterocycles. The molecule has 0 unspecified atom stereocenters. The third-order valence-corrected chi connectivity index (χ3v) is 5.37. The Hall–Kier alpha value is -4.19. The van der Waals surface area contributed by atoms with E-state index in [1.807, 2.05) is 60.7 Å². The number of pyridine rings is 2. The molecule has 0 N–H and O–H groups in total. The van der Waals surface area contributed by atoms with Crippen LogP contribution in [0, 0.1) is 0 Å². The molecule has 0 spiro atoms. The average molecular weight is 424 g/mol. The fourth-order valence-corrected chi connectivity index (χ4v) is 3.75. The fourth-order valence-electron chi connectivity index (χ4n) is 3.75.